The molecule has 0 spiro atoms. The van der Waals surface area contributed by atoms with Gasteiger partial charge in [-0.05, 0) is 50.0 Å². The second-order valence-corrected chi connectivity index (χ2v) is 11.3. The standard InChI is InChI=1S/C32H50O6/c1-22(2)12-9-13-23(3)14-10-15-24(4)16-11-17-25(5)18-19-29-20-21-30(36-26(6)33)32(38-28(8)35)31(29)37-27(7)34/h18,20-24H,9-17,19H2,1-8H3. The molecule has 0 heterocycles. The summed E-state index contributed by atoms with van der Waals surface area (Å²) in [5, 5.41) is 0. The van der Waals surface area contributed by atoms with Crippen LogP contribution in [0, 0.1) is 17.8 Å². The number of benzene rings is 1. The van der Waals surface area contributed by atoms with Gasteiger partial charge < -0.3 is 14.2 Å². The predicted octanol–water partition coefficient (Wildman–Crippen LogP) is 8.39. The molecule has 0 N–H and O–H groups in total. The highest BCUT2D eigenvalue weighted by Crippen LogP contribution is 2.41. The van der Waals surface area contributed by atoms with E-state index in [2.05, 4.69) is 40.7 Å². The molecule has 1 rings (SSSR count). The van der Waals surface area contributed by atoms with Crippen molar-refractivity contribution in [2.24, 2.45) is 17.8 Å². The van der Waals surface area contributed by atoms with Crippen LogP contribution in [-0.2, 0) is 20.8 Å². The smallest absolute Gasteiger partial charge is 0.308 e. The molecule has 0 fully saturated rings. The second kappa shape index (κ2) is 17.8. The molecule has 0 saturated heterocycles. The van der Waals surface area contributed by atoms with E-state index in [0.29, 0.717) is 12.0 Å². The lowest BCUT2D eigenvalue weighted by Crippen LogP contribution is -2.12. The number of ether oxygens (including phenoxy) is 3. The van der Waals surface area contributed by atoms with E-state index in [1.54, 1.807) is 12.1 Å². The zero-order valence-corrected chi connectivity index (χ0v) is 25.0. The first-order valence-electron chi connectivity index (χ1n) is 14.3. The summed E-state index contributed by atoms with van der Waals surface area (Å²) >= 11 is 0. The van der Waals surface area contributed by atoms with Crippen LogP contribution >= 0.6 is 0 Å². The molecule has 1 aromatic rings. The van der Waals surface area contributed by atoms with Gasteiger partial charge >= 0.3 is 17.9 Å². The highest BCUT2D eigenvalue weighted by atomic mass is 16.6. The van der Waals surface area contributed by atoms with E-state index < -0.39 is 17.9 Å². The average Bonchev–Trinajstić information content (AvgIpc) is 2.79. The fourth-order valence-electron chi connectivity index (χ4n) is 4.57. The Balaban J connectivity index is 2.67. The SMILES string of the molecule is CC(=O)Oc1ccc(CC=C(C)CCCC(C)CCCC(C)CCCC(C)C)c(OC(C)=O)c1OC(C)=O. The van der Waals surface area contributed by atoms with E-state index >= 15 is 0 Å². The zero-order valence-electron chi connectivity index (χ0n) is 25.0. The van der Waals surface area contributed by atoms with Gasteiger partial charge in [-0.2, -0.15) is 0 Å². The van der Waals surface area contributed by atoms with Gasteiger partial charge in [-0.15, -0.1) is 0 Å². The van der Waals surface area contributed by atoms with Gasteiger partial charge in [0.2, 0.25) is 5.75 Å². The summed E-state index contributed by atoms with van der Waals surface area (Å²) < 4.78 is 15.8. The summed E-state index contributed by atoms with van der Waals surface area (Å²) in [5.74, 6) is 0.700. The van der Waals surface area contributed by atoms with Gasteiger partial charge in [-0.1, -0.05) is 90.4 Å². The van der Waals surface area contributed by atoms with Crippen LogP contribution < -0.4 is 14.2 Å². The van der Waals surface area contributed by atoms with Crippen LogP contribution in [0.4, 0.5) is 0 Å². The summed E-state index contributed by atoms with van der Waals surface area (Å²) in [5.41, 5.74) is 1.92. The maximum absolute atomic E-state index is 11.8. The molecule has 1 aromatic carbocycles. The molecule has 0 saturated carbocycles. The maximum atomic E-state index is 11.8. The molecule has 214 valence electrons. The summed E-state index contributed by atoms with van der Waals surface area (Å²) in [6.07, 6.45) is 13.9. The first-order valence-corrected chi connectivity index (χ1v) is 14.3. The molecule has 2 atom stereocenters. The van der Waals surface area contributed by atoms with Crippen molar-refractivity contribution in [1.82, 2.24) is 0 Å². The topological polar surface area (TPSA) is 78.9 Å². The largest absolute Gasteiger partial charge is 0.423 e. The molecule has 0 aromatic heterocycles. The fraction of sp³-hybridized carbons (Fsp3) is 0.656. The molecule has 38 heavy (non-hydrogen) atoms. The number of hydrogen-bond acceptors (Lipinski definition) is 6. The van der Waals surface area contributed by atoms with Crippen molar-refractivity contribution in [2.75, 3.05) is 0 Å². The Kier molecular flexibility index (Phi) is 15.6. The van der Waals surface area contributed by atoms with Gasteiger partial charge in [0.25, 0.3) is 0 Å². The summed E-state index contributed by atoms with van der Waals surface area (Å²) in [6.45, 7) is 15.2. The van der Waals surface area contributed by atoms with Crippen molar-refractivity contribution in [3.8, 4) is 17.2 Å². The molecule has 0 aliphatic heterocycles. The minimum atomic E-state index is -0.606. The lowest BCUT2D eigenvalue weighted by atomic mass is 9.91. The van der Waals surface area contributed by atoms with E-state index in [1.165, 1.54) is 71.3 Å². The monoisotopic (exact) mass is 530 g/mol. The Morgan fingerprint density at radius 2 is 1.18 bits per heavy atom. The second-order valence-electron chi connectivity index (χ2n) is 11.3. The Morgan fingerprint density at radius 3 is 1.71 bits per heavy atom. The lowest BCUT2D eigenvalue weighted by molar-refractivity contribution is -0.135. The van der Waals surface area contributed by atoms with Crippen LogP contribution in [0.2, 0.25) is 0 Å². The van der Waals surface area contributed by atoms with Gasteiger partial charge in [0.15, 0.2) is 11.5 Å². The minimum Gasteiger partial charge on any atom is -0.423 e. The Labute approximate surface area is 230 Å². The van der Waals surface area contributed by atoms with Crippen molar-refractivity contribution >= 4 is 17.9 Å². The van der Waals surface area contributed by atoms with Gasteiger partial charge in [0.05, 0.1) is 0 Å². The number of esters is 3. The fourth-order valence-corrected chi connectivity index (χ4v) is 4.57. The molecule has 0 aliphatic carbocycles. The molecule has 2 unspecified atom stereocenters. The van der Waals surface area contributed by atoms with Gasteiger partial charge in [-0.25, -0.2) is 0 Å². The van der Waals surface area contributed by atoms with Gasteiger partial charge in [-0.3, -0.25) is 14.4 Å². The van der Waals surface area contributed by atoms with Crippen LogP contribution in [0.1, 0.15) is 119 Å². The molecular formula is C32H50O6. The molecule has 6 heteroatoms. The first-order chi connectivity index (χ1) is 17.9. The van der Waals surface area contributed by atoms with Crippen LogP contribution in [-0.4, -0.2) is 17.9 Å². The van der Waals surface area contributed by atoms with E-state index in [9.17, 15) is 14.4 Å². The number of allylic oxidation sites excluding steroid dienone is 2. The van der Waals surface area contributed by atoms with E-state index in [1.807, 2.05) is 0 Å². The third kappa shape index (κ3) is 14.3. The Morgan fingerprint density at radius 1 is 0.684 bits per heavy atom. The van der Waals surface area contributed by atoms with E-state index in [4.69, 9.17) is 14.2 Å². The molecule has 0 amide bonds. The Hall–Kier alpha value is -2.63. The van der Waals surface area contributed by atoms with Crippen molar-refractivity contribution in [1.29, 1.82) is 0 Å². The third-order valence-electron chi connectivity index (χ3n) is 6.71. The van der Waals surface area contributed by atoms with Crippen LogP contribution in [0.3, 0.4) is 0 Å². The van der Waals surface area contributed by atoms with Crippen LogP contribution in [0.25, 0.3) is 0 Å². The van der Waals surface area contributed by atoms with Crippen molar-refractivity contribution in [3.05, 3.63) is 29.3 Å². The number of carbonyl (C=O) groups excluding carboxylic acids is 3. The van der Waals surface area contributed by atoms with Crippen LogP contribution in [0.15, 0.2) is 23.8 Å². The minimum absolute atomic E-state index is 0.0346. The maximum Gasteiger partial charge on any atom is 0.308 e. The highest BCUT2D eigenvalue weighted by Gasteiger charge is 2.21. The number of carbonyl (C=O) groups is 3. The Bertz CT molecular complexity index is 930. The normalized spacial score (nSPS) is 13.2. The third-order valence-corrected chi connectivity index (χ3v) is 6.71. The van der Waals surface area contributed by atoms with Crippen molar-refractivity contribution in [2.45, 2.75) is 120 Å². The average molecular weight is 531 g/mol. The molecule has 0 radical (unpaired) electrons. The molecule has 0 bridgehead atoms. The highest BCUT2D eigenvalue weighted by molar-refractivity contribution is 5.78. The molecular weight excluding hydrogens is 480 g/mol. The molecule has 0 aliphatic rings. The summed E-state index contributed by atoms with van der Waals surface area (Å²) in [6, 6.07) is 3.28. The predicted molar refractivity (Wildman–Crippen MR) is 153 cm³/mol. The number of rotatable bonds is 17. The molecule has 6 nitrogen and oxygen atoms in total. The summed E-state index contributed by atoms with van der Waals surface area (Å²) in [4.78, 5) is 35.0. The summed E-state index contributed by atoms with van der Waals surface area (Å²) in [7, 11) is 0. The zero-order chi connectivity index (χ0) is 28.7. The van der Waals surface area contributed by atoms with Crippen molar-refractivity contribution in [3.63, 3.8) is 0 Å². The number of hydrogen-bond donors (Lipinski definition) is 0. The van der Waals surface area contributed by atoms with Gasteiger partial charge in [0.1, 0.15) is 0 Å². The van der Waals surface area contributed by atoms with E-state index in [0.717, 1.165) is 30.6 Å². The van der Waals surface area contributed by atoms with Crippen molar-refractivity contribution < 1.29 is 28.6 Å². The van der Waals surface area contributed by atoms with Gasteiger partial charge in [0, 0.05) is 26.3 Å². The van der Waals surface area contributed by atoms with Crippen LogP contribution in [0.5, 0.6) is 17.2 Å². The van der Waals surface area contributed by atoms with E-state index in [-0.39, 0.29) is 17.2 Å². The quantitative estimate of drug-likeness (QED) is 0.114. The lowest BCUT2D eigenvalue weighted by Gasteiger charge is -2.16. The first kappa shape index (κ1) is 33.4.